The normalized spacial score (nSPS) is 11.1. The first-order valence-corrected chi connectivity index (χ1v) is 6.71. The fourth-order valence-corrected chi connectivity index (χ4v) is 2.30. The van der Waals surface area contributed by atoms with Gasteiger partial charge in [0, 0.05) is 18.5 Å². The topological polar surface area (TPSA) is 94.5 Å². The summed E-state index contributed by atoms with van der Waals surface area (Å²) >= 11 is 1.45. The maximum absolute atomic E-state index is 5.51. The molecule has 2 aromatic rings. The highest BCUT2D eigenvalue weighted by Crippen LogP contribution is 2.30. The lowest BCUT2D eigenvalue weighted by molar-refractivity contribution is 0.744. The van der Waals surface area contributed by atoms with Crippen molar-refractivity contribution in [3.8, 4) is 0 Å². The zero-order valence-corrected chi connectivity index (χ0v) is 12.2. The van der Waals surface area contributed by atoms with Gasteiger partial charge in [-0.2, -0.15) is 0 Å². The van der Waals surface area contributed by atoms with Crippen LogP contribution in [0, 0.1) is 6.92 Å². The van der Waals surface area contributed by atoms with E-state index in [2.05, 4.69) is 25.6 Å². The van der Waals surface area contributed by atoms with E-state index in [9.17, 15) is 0 Å². The van der Waals surface area contributed by atoms with E-state index in [0.29, 0.717) is 5.82 Å². The predicted octanol–water partition coefficient (Wildman–Crippen LogP) is 1.47. The molecule has 0 amide bonds. The van der Waals surface area contributed by atoms with Gasteiger partial charge in [0.05, 0.1) is 0 Å². The quantitative estimate of drug-likeness (QED) is 0.497. The number of nitrogens with zero attached hydrogens (tertiary/aromatic N) is 5. The summed E-state index contributed by atoms with van der Waals surface area (Å²) in [6.07, 6.45) is 1.66. The van der Waals surface area contributed by atoms with Crippen LogP contribution in [0.1, 0.15) is 31.2 Å². The molecule has 0 aliphatic carbocycles. The molecule has 19 heavy (non-hydrogen) atoms. The molecule has 0 saturated carbocycles. The molecule has 0 aliphatic rings. The Bertz CT molecular complexity index is 578. The molecule has 2 aromatic heterocycles. The highest BCUT2D eigenvalue weighted by atomic mass is 32.2. The van der Waals surface area contributed by atoms with Crippen LogP contribution in [0.2, 0.25) is 0 Å². The second-order valence-corrected chi connectivity index (χ2v) is 5.44. The largest absolute Gasteiger partial charge is 0.311 e. The number of nitrogen functional groups attached to an aromatic ring is 1. The van der Waals surface area contributed by atoms with Crippen molar-refractivity contribution in [2.45, 2.75) is 36.9 Å². The molecule has 3 N–H and O–H groups in total. The van der Waals surface area contributed by atoms with Gasteiger partial charge in [0.15, 0.2) is 5.16 Å². The van der Waals surface area contributed by atoms with Gasteiger partial charge < -0.3 is 9.99 Å². The summed E-state index contributed by atoms with van der Waals surface area (Å²) in [4.78, 5) is 8.97. The lowest BCUT2D eigenvalue weighted by Crippen LogP contribution is -2.13. The van der Waals surface area contributed by atoms with Crippen LogP contribution in [0.15, 0.2) is 16.5 Å². The van der Waals surface area contributed by atoms with Crippen molar-refractivity contribution < 1.29 is 0 Å². The smallest absolute Gasteiger partial charge is 0.197 e. The highest BCUT2D eigenvalue weighted by molar-refractivity contribution is 7.99. The lowest BCUT2D eigenvalue weighted by atomic mass is 10.2. The van der Waals surface area contributed by atoms with Crippen LogP contribution in [-0.2, 0) is 7.05 Å². The number of hydrazine groups is 1. The first-order valence-electron chi connectivity index (χ1n) is 5.90. The summed E-state index contributed by atoms with van der Waals surface area (Å²) in [6.45, 7) is 6.02. The van der Waals surface area contributed by atoms with Gasteiger partial charge in [-0.1, -0.05) is 13.8 Å². The van der Waals surface area contributed by atoms with Gasteiger partial charge in [-0.15, -0.1) is 10.2 Å². The van der Waals surface area contributed by atoms with Crippen LogP contribution in [-0.4, -0.2) is 24.7 Å². The molecule has 0 atom stereocenters. The summed E-state index contributed by atoms with van der Waals surface area (Å²) < 4.78 is 1.84. The maximum atomic E-state index is 5.51. The van der Waals surface area contributed by atoms with Crippen LogP contribution >= 0.6 is 11.8 Å². The Hall–Kier alpha value is -1.67. The highest BCUT2D eigenvalue weighted by Gasteiger charge is 2.15. The molecule has 0 radical (unpaired) electrons. The molecule has 2 rings (SSSR count). The lowest BCUT2D eigenvalue weighted by Gasteiger charge is -2.12. The third kappa shape index (κ3) is 2.85. The third-order valence-electron chi connectivity index (χ3n) is 2.63. The van der Waals surface area contributed by atoms with Gasteiger partial charge in [0.1, 0.15) is 23.0 Å². The Labute approximate surface area is 116 Å². The zero-order chi connectivity index (χ0) is 14.0. The molecule has 8 heteroatoms. The average molecular weight is 279 g/mol. The molecule has 102 valence electrons. The van der Waals surface area contributed by atoms with Gasteiger partial charge in [0.25, 0.3) is 0 Å². The van der Waals surface area contributed by atoms with E-state index in [-0.39, 0.29) is 5.92 Å². The Morgan fingerprint density at radius 2 is 2.11 bits per heavy atom. The molecule has 0 aromatic carbocycles. The van der Waals surface area contributed by atoms with Crippen molar-refractivity contribution in [3.05, 3.63) is 17.7 Å². The molecule has 0 unspecified atom stereocenters. The Morgan fingerprint density at radius 1 is 1.37 bits per heavy atom. The molecule has 0 saturated heterocycles. The standard InChI is InChI=1S/C11H17N7S/c1-6(2)8-14-9(16-12)7(3)10(15-8)19-11-17-13-5-18(11)4/h5-6H,12H2,1-4H3,(H,14,15,16). The molecule has 0 aliphatic heterocycles. The summed E-state index contributed by atoms with van der Waals surface area (Å²) in [6, 6.07) is 0. The van der Waals surface area contributed by atoms with E-state index >= 15 is 0 Å². The van der Waals surface area contributed by atoms with Crippen molar-refractivity contribution in [1.82, 2.24) is 24.7 Å². The van der Waals surface area contributed by atoms with Crippen LogP contribution < -0.4 is 11.3 Å². The van der Waals surface area contributed by atoms with Crippen LogP contribution in [0.25, 0.3) is 0 Å². The fraction of sp³-hybridized carbons (Fsp3) is 0.455. The second-order valence-electron chi connectivity index (χ2n) is 4.49. The van der Waals surface area contributed by atoms with E-state index in [4.69, 9.17) is 5.84 Å². The van der Waals surface area contributed by atoms with E-state index < -0.39 is 0 Å². The molecule has 7 nitrogen and oxygen atoms in total. The SMILES string of the molecule is Cc1c(NN)nc(C(C)C)nc1Sc1nncn1C. The molecule has 0 bridgehead atoms. The van der Waals surface area contributed by atoms with Gasteiger partial charge in [-0.25, -0.2) is 15.8 Å². The van der Waals surface area contributed by atoms with Crippen molar-refractivity contribution in [2.75, 3.05) is 5.43 Å². The van der Waals surface area contributed by atoms with Gasteiger partial charge >= 0.3 is 0 Å². The molecule has 2 heterocycles. The van der Waals surface area contributed by atoms with Crippen molar-refractivity contribution in [2.24, 2.45) is 12.9 Å². The monoisotopic (exact) mass is 279 g/mol. The number of hydrogen-bond donors (Lipinski definition) is 2. The molecular weight excluding hydrogens is 262 g/mol. The minimum atomic E-state index is 0.228. The van der Waals surface area contributed by atoms with E-state index in [1.165, 1.54) is 11.8 Å². The van der Waals surface area contributed by atoms with Crippen LogP contribution in [0.3, 0.4) is 0 Å². The summed E-state index contributed by atoms with van der Waals surface area (Å²) in [5, 5.41) is 9.52. The van der Waals surface area contributed by atoms with E-state index in [1.54, 1.807) is 6.33 Å². The van der Waals surface area contributed by atoms with Crippen LogP contribution in [0.5, 0.6) is 0 Å². The van der Waals surface area contributed by atoms with Gasteiger partial charge in [-0.3, -0.25) is 0 Å². The van der Waals surface area contributed by atoms with Gasteiger partial charge in [-0.05, 0) is 18.7 Å². The van der Waals surface area contributed by atoms with Gasteiger partial charge in [0.2, 0.25) is 0 Å². The van der Waals surface area contributed by atoms with Crippen LogP contribution in [0.4, 0.5) is 5.82 Å². The van der Waals surface area contributed by atoms with E-state index in [0.717, 1.165) is 21.6 Å². The average Bonchev–Trinajstić information content (AvgIpc) is 2.77. The Morgan fingerprint density at radius 3 is 2.63 bits per heavy atom. The first kappa shape index (κ1) is 13.8. The first-order chi connectivity index (χ1) is 9.02. The number of nitrogens with two attached hydrogens (primary N) is 1. The van der Waals surface area contributed by atoms with Crippen molar-refractivity contribution in [3.63, 3.8) is 0 Å². The number of rotatable bonds is 4. The zero-order valence-electron chi connectivity index (χ0n) is 11.4. The minimum absolute atomic E-state index is 0.228. The second kappa shape index (κ2) is 5.54. The summed E-state index contributed by atoms with van der Waals surface area (Å²) in [5.41, 5.74) is 3.52. The Balaban J connectivity index is 2.43. The number of aryl methyl sites for hydroxylation is 1. The predicted molar refractivity (Wildman–Crippen MR) is 73.8 cm³/mol. The summed E-state index contributed by atoms with van der Waals surface area (Å²) in [7, 11) is 1.89. The molecular formula is C11H17N7S. The van der Waals surface area contributed by atoms with Crippen molar-refractivity contribution in [1.29, 1.82) is 0 Å². The Kier molecular flexibility index (Phi) is 4.01. The number of hydrogen-bond acceptors (Lipinski definition) is 7. The third-order valence-corrected chi connectivity index (χ3v) is 3.77. The number of aromatic nitrogens is 5. The number of anilines is 1. The van der Waals surface area contributed by atoms with Crippen molar-refractivity contribution >= 4 is 17.6 Å². The fourth-order valence-electron chi connectivity index (χ4n) is 1.46. The molecule has 0 spiro atoms. The maximum Gasteiger partial charge on any atom is 0.197 e. The summed E-state index contributed by atoms with van der Waals surface area (Å²) in [5.74, 6) is 7.13. The minimum Gasteiger partial charge on any atom is -0.311 e. The molecule has 0 fully saturated rings. The van der Waals surface area contributed by atoms with E-state index in [1.807, 2.05) is 32.4 Å². The number of nitrogens with one attached hydrogen (secondary N) is 1.